The maximum Gasteiger partial charge on any atom is 0.337 e. The number of imidazole rings is 1. The number of rotatable bonds is 4. The van der Waals surface area contributed by atoms with Gasteiger partial charge in [-0.25, -0.2) is 18.6 Å². The van der Waals surface area contributed by atoms with Crippen LogP contribution in [0.15, 0.2) is 42.5 Å². The summed E-state index contributed by atoms with van der Waals surface area (Å²) in [6, 6.07) is 10.2. The summed E-state index contributed by atoms with van der Waals surface area (Å²) in [5.41, 5.74) is -0.743. The molecule has 0 spiro atoms. The second kappa shape index (κ2) is 7.18. The first kappa shape index (κ1) is 19.4. The molecule has 0 aliphatic rings. The zero-order chi connectivity index (χ0) is 21.6. The van der Waals surface area contributed by atoms with E-state index in [1.807, 2.05) is 0 Å². The Balaban J connectivity index is 1.90. The lowest BCUT2D eigenvalue weighted by molar-refractivity contribution is 0.0698. The average molecular weight is 416 g/mol. The van der Waals surface area contributed by atoms with Crippen LogP contribution < -0.4 is 4.74 Å². The fourth-order valence-electron chi connectivity index (χ4n) is 3.06. The third kappa shape index (κ3) is 3.14. The van der Waals surface area contributed by atoms with Crippen molar-refractivity contribution in [2.45, 2.75) is 6.92 Å². The number of aromatic amines is 1. The average Bonchev–Trinajstić information content (AvgIpc) is 3.13. The molecule has 2 N–H and O–H groups in total. The summed E-state index contributed by atoms with van der Waals surface area (Å²) >= 11 is 0. The van der Waals surface area contributed by atoms with Crippen molar-refractivity contribution in [2.24, 2.45) is 0 Å². The highest BCUT2D eigenvalue weighted by molar-refractivity contribution is 6.02. The minimum Gasteiger partial charge on any atom is -0.478 e. The molecule has 0 aliphatic carbocycles. The van der Waals surface area contributed by atoms with Gasteiger partial charge in [0, 0.05) is 0 Å². The van der Waals surface area contributed by atoms with Gasteiger partial charge in [0.2, 0.25) is 17.4 Å². The topological polar surface area (TPSA) is 75.2 Å². The van der Waals surface area contributed by atoms with E-state index in [1.165, 1.54) is 36.4 Å². The molecular formula is C21H12F4N2O3. The van der Waals surface area contributed by atoms with E-state index in [4.69, 9.17) is 4.74 Å². The van der Waals surface area contributed by atoms with Crippen LogP contribution in [-0.4, -0.2) is 21.0 Å². The summed E-state index contributed by atoms with van der Waals surface area (Å²) in [5, 5.41) is 9.32. The Morgan fingerprint density at radius 2 is 1.63 bits per heavy atom. The first-order valence-electron chi connectivity index (χ1n) is 8.60. The highest BCUT2D eigenvalue weighted by atomic mass is 19.2. The van der Waals surface area contributed by atoms with Crippen LogP contribution in [0.3, 0.4) is 0 Å². The molecule has 0 saturated carbocycles. The predicted molar refractivity (Wildman–Crippen MR) is 99.6 cm³/mol. The Bertz CT molecular complexity index is 1270. The van der Waals surface area contributed by atoms with Gasteiger partial charge in [-0.15, -0.1) is 0 Å². The Kier molecular flexibility index (Phi) is 4.65. The molecule has 0 atom stereocenters. The van der Waals surface area contributed by atoms with E-state index in [2.05, 4.69) is 9.97 Å². The highest BCUT2D eigenvalue weighted by Crippen LogP contribution is 2.37. The molecule has 3 aromatic carbocycles. The van der Waals surface area contributed by atoms with E-state index in [0.717, 1.165) is 0 Å². The molecule has 5 nitrogen and oxygen atoms in total. The van der Waals surface area contributed by atoms with Gasteiger partial charge in [-0.3, -0.25) is 0 Å². The number of nitrogens with one attached hydrogen (secondary N) is 1. The fourth-order valence-corrected chi connectivity index (χ4v) is 3.06. The van der Waals surface area contributed by atoms with Crippen molar-refractivity contribution in [3.63, 3.8) is 0 Å². The number of para-hydroxylation sites is 1. The molecule has 0 aliphatic heterocycles. The summed E-state index contributed by atoms with van der Waals surface area (Å²) in [5.74, 6) is -10.1. The number of hydrogen-bond donors (Lipinski definition) is 2. The number of nitrogens with zero attached hydrogens (tertiary/aromatic N) is 1. The Morgan fingerprint density at radius 3 is 2.23 bits per heavy atom. The van der Waals surface area contributed by atoms with Crippen molar-refractivity contribution in [3.05, 3.63) is 76.9 Å². The lowest BCUT2D eigenvalue weighted by atomic mass is 10.1. The van der Waals surface area contributed by atoms with Crippen molar-refractivity contribution in [1.82, 2.24) is 9.97 Å². The molecular weight excluding hydrogens is 404 g/mol. The molecule has 0 amide bonds. The zero-order valence-corrected chi connectivity index (χ0v) is 15.3. The second-order valence-corrected chi connectivity index (χ2v) is 6.47. The van der Waals surface area contributed by atoms with Gasteiger partial charge < -0.3 is 14.8 Å². The molecule has 9 heteroatoms. The van der Waals surface area contributed by atoms with Gasteiger partial charge in [-0.2, -0.15) is 8.78 Å². The molecule has 4 aromatic rings. The van der Waals surface area contributed by atoms with E-state index in [-0.39, 0.29) is 22.3 Å². The minimum absolute atomic E-state index is 0.0211. The van der Waals surface area contributed by atoms with Gasteiger partial charge in [0.25, 0.3) is 0 Å². The quantitative estimate of drug-likeness (QED) is 0.336. The monoisotopic (exact) mass is 416 g/mol. The Hall–Kier alpha value is -3.88. The number of ether oxygens (including phenoxy) is 1. The van der Waals surface area contributed by atoms with Gasteiger partial charge in [-0.05, 0) is 36.8 Å². The number of fused-ring (bicyclic) bond motifs is 1. The number of aromatic carboxylic acids is 1. The molecule has 152 valence electrons. The lowest BCUT2D eigenvalue weighted by Gasteiger charge is -2.11. The summed E-state index contributed by atoms with van der Waals surface area (Å²) < 4.78 is 63.5. The molecule has 0 radical (unpaired) electrons. The third-order valence-electron chi connectivity index (χ3n) is 4.38. The second-order valence-electron chi connectivity index (χ2n) is 6.47. The van der Waals surface area contributed by atoms with Gasteiger partial charge in [0.05, 0.1) is 16.6 Å². The number of benzene rings is 3. The Morgan fingerprint density at radius 1 is 1.00 bits per heavy atom. The lowest BCUT2D eigenvalue weighted by Crippen LogP contribution is -2.04. The standard InChI is InChI=1S/C21H12F4N2O3/c1-9-7-11(21(28)29)18-12(8-9)26-20(27-18)13-14(22)16(24)19(17(25)15(13)23)30-10-5-3-2-4-6-10/h2-8H,1H3,(H,26,27)(H,28,29). The van der Waals surface area contributed by atoms with Gasteiger partial charge in [0.1, 0.15) is 17.1 Å². The summed E-state index contributed by atoms with van der Waals surface area (Å²) in [4.78, 5) is 17.8. The largest absolute Gasteiger partial charge is 0.478 e. The van der Waals surface area contributed by atoms with Gasteiger partial charge in [0.15, 0.2) is 11.6 Å². The van der Waals surface area contributed by atoms with E-state index in [9.17, 15) is 27.5 Å². The molecule has 4 rings (SSSR count). The number of aromatic nitrogens is 2. The minimum atomic E-state index is -1.75. The van der Waals surface area contributed by atoms with E-state index in [1.54, 1.807) is 13.0 Å². The first-order valence-corrected chi connectivity index (χ1v) is 8.60. The van der Waals surface area contributed by atoms with Crippen molar-refractivity contribution in [2.75, 3.05) is 0 Å². The Labute approximate surface area is 166 Å². The van der Waals surface area contributed by atoms with Crippen molar-refractivity contribution in [3.8, 4) is 22.9 Å². The van der Waals surface area contributed by atoms with Gasteiger partial charge in [-0.1, -0.05) is 18.2 Å². The molecule has 0 fully saturated rings. The molecule has 1 heterocycles. The number of aryl methyl sites for hydroxylation is 1. The van der Waals surface area contributed by atoms with Crippen LogP contribution in [0.1, 0.15) is 15.9 Å². The maximum atomic E-state index is 14.7. The van der Waals surface area contributed by atoms with Crippen LogP contribution >= 0.6 is 0 Å². The van der Waals surface area contributed by atoms with Crippen LogP contribution in [0.2, 0.25) is 0 Å². The number of carboxylic acids is 1. The summed E-state index contributed by atoms with van der Waals surface area (Å²) in [6.45, 7) is 1.61. The molecule has 1 aromatic heterocycles. The van der Waals surface area contributed by atoms with Crippen LogP contribution in [0.25, 0.3) is 22.4 Å². The number of carboxylic acid groups (broad SMARTS) is 1. The van der Waals surface area contributed by atoms with Crippen molar-refractivity contribution in [1.29, 1.82) is 0 Å². The normalized spacial score (nSPS) is 11.1. The molecule has 30 heavy (non-hydrogen) atoms. The number of carbonyl (C=O) groups is 1. The van der Waals surface area contributed by atoms with Crippen LogP contribution in [-0.2, 0) is 0 Å². The summed E-state index contributed by atoms with van der Waals surface area (Å²) in [7, 11) is 0. The number of H-pyrrole nitrogens is 1. The van der Waals surface area contributed by atoms with Crippen molar-refractivity contribution >= 4 is 17.0 Å². The summed E-state index contributed by atoms with van der Waals surface area (Å²) in [6.07, 6.45) is 0. The van der Waals surface area contributed by atoms with Crippen molar-refractivity contribution < 1.29 is 32.2 Å². The van der Waals surface area contributed by atoms with Crippen LogP contribution in [0.5, 0.6) is 11.5 Å². The molecule has 0 saturated heterocycles. The third-order valence-corrected chi connectivity index (χ3v) is 4.38. The molecule has 0 unspecified atom stereocenters. The van der Waals surface area contributed by atoms with Crippen LogP contribution in [0.4, 0.5) is 17.6 Å². The smallest absolute Gasteiger partial charge is 0.337 e. The van der Waals surface area contributed by atoms with E-state index >= 15 is 0 Å². The van der Waals surface area contributed by atoms with E-state index < -0.39 is 46.4 Å². The zero-order valence-electron chi connectivity index (χ0n) is 15.3. The van der Waals surface area contributed by atoms with Gasteiger partial charge >= 0.3 is 5.97 Å². The number of halogens is 4. The van der Waals surface area contributed by atoms with E-state index in [0.29, 0.717) is 5.56 Å². The molecule has 0 bridgehead atoms. The SMILES string of the molecule is Cc1cc(C(=O)O)c2nc(-c3c(F)c(F)c(Oc4ccccc4)c(F)c3F)[nH]c2c1. The fraction of sp³-hybridized carbons (Fsp3) is 0.0476. The maximum absolute atomic E-state index is 14.7. The first-order chi connectivity index (χ1) is 14.3. The number of hydrogen-bond acceptors (Lipinski definition) is 3. The van der Waals surface area contributed by atoms with Crippen LogP contribution in [0, 0.1) is 30.2 Å². The highest BCUT2D eigenvalue weighted by Gasteiger charge is 2.30. The predicted octanol–water partition coefficient (Wildman–Crippen LogP) is 5.59.